The van der Waals surface area contributed by atoms with E-state index >= 15 is 0 Å². The molecule has 1 aliphatic carbocycles. The van der Waals surface area contributed by atoms with Gasteiger partial charge in [-0.3, -0.25) is 0 Å². The van der Waals surface area contributed by atoms with Gasteiger partial charge in [0.2, 0.25) is 0 Å². The van der Waals surface area contributed by atoms with Crippen LogP contribution in [0.5, 0.6) is 0 Å². The van der Waals surface area contributed by atoms with E-state index in [-0.39, 0.29) is 0 Å². The zero-order valence-corrected chi connectivity index (χ0v) is 10.7. The molecule has 3 nitrogen and oxygen atoms in total. The molecule has 0 aromatic carbocycles. The second-order valence-corrected chi connectivity index (χ2v) is 4.95. The van der Waals surface area contributed by atoms with Crippen molar-refractivity contribution in [2.24, 2.45) is 0 Å². The first-order valence-electron chi connectivity index (χ1n) is 6.65. The van der Waals surface area contributed by atoms with E-state index in [1.165, 1.54) is 52.0 Å². The summed E-state index contributed by atoms with van der Waals surface area (Å²) in [5.41, 5.74) is 0. The standard InChI is InChI=1S/C11H22N2.C2H4O/c1-9-5-6-11(13-9)7-8-12-10-3-2-4-10;1-2-3/h9-13H,2-8H2,1H3;2H,1H3. The van der Waals surface area contributed by atoms with Crippen molar-refractivity contribution in [3.8, 4) is 0 Å². The van der Waals surface area contributed by atoms with Crippen molar-refractivity contribution >= 4 is 6.29 Å². The van der Waals surface area contributed by atoms with Crippen molar-refractivity contribution < 1.29 is 4.79 Å². The van der Waals surface area contributed by atoms with Crippen LogP contribution < -0.4 is 10.6 Å². The maximum atomic E-state index is 8.81. The van der Waals surface area contributed by atoms with Crippen LogP contribution in [0.1, 0.15) is 52.4 Å². The fraction of sp³-hybridized carbons (Fsp3) is 0.923. The lowest BCUT2D eigenvalue weighted by molar-refractivity contribution is -0.106. The van der Waals surface area contributed by atoms with Crippen LogP contribution >= 0.6 is 0 Å². The molecule has 0 radical (unpaired) electrons. The van der Waals surface area contributed by atoms with Crippen molar-refractivity contribution in [1.82, 2.24) is 10.6 Å². The van der Waals surface area contributed by atoms with E-state index in [1.54, 1.807) is 0 Å². The minimum Gasteiger partial charge on any atom is -0.314 e. The predicted molar refractivity (Wildman–Crippen MR) is 67.6 cm³/mol. The molecule has 1 saturated heterocycles. The highest BCUT2D eigenvalue weighted by atomic mass is 16.1. The quantitative estimate of drug-likeness (QED) is 0.719. The molecule has 1 aliphatic heterocycles. The van der Waals surface area contributed by atoms with Gasteiger partial charge in [-0.2, -0.15) is 0 Å². The van der Waals surface area contributed by atoms with Crippen LogP contribution in [0.25, 0.3) is 0 Å². The molecule has 16 heavy (non-hydrogen) atoms. The topological polar surface area (TPSA) is 41.1 Å². The lowest BCUT2D eigenvalue weighted by Crippen LogP contribution is -2.38. The molecule has 1 heterocycles. The number of carbonyl (C=O) groups excluding carboxylic acids is 1. The summed E-state index contributed by atoms with van der Waals surface area (Å²) in [6, 6.07) is 2.41. The third kappa shape index (κ3) is 5.08. The van der Waals surface area contributed by atoms with Crippen LogP contribution in [0.3, 0.4) is 0 Å². The molecule has 2 aliphatic rings. The van der Waals surface area contributed by atoms with E-state index in [2.05, 4.69) is 17.6 Å². The molecule has 2 unspecified atom stereocenters. The third-order valence-electron chi connectivity index (χ3n) is 3.50. The molecule has 0 amide bonds. The first-order valence-corrected chi connectivity index (χ1v) is 6.65. The molecule has 1 saturated carbocycles. The van der Waals surface area contributed by atoms with Crippen LogP contribution in [-0.4, -0.2) is 31.0 Å². The summed E-state index contributed by atoms with van der Waals surface area (Å²) in [6.45, 7) is 4.95. The predicted octanol–water partition coefficient (Wildman–Crippen LogP) is 1.86. The Bertz CT molecular complexity index is 192. The minimum absolute atomic E-state index is 0.750. The average Bonchev–Trinajstić information content (AvgIpc) is 2.57. The summed E-state index contributed by atoms with van der Waals surface area (Å²) >= 11 is 0. The number of rotatable bonds is 4. The van der Waals surface area contributed by atoms with Gasteiger partial charge in [-0.1, -0.05) is 6.42 Å². The highest BCUT2D eigenvalue weighted by Crippen LogP contribution is 2.18. The van der Waals surface area contributed by atoms with E-state index in [0.717, 1.165) is 24.4 Å². The van der Waals surface area contributed by atoms with Crippen LogP contribution in [0.4, 0.5) is 0 Å². The first-order chi connectivity index (χ1) is 7.76. The Morgan fingerprint density at radius 2 is 2.00 bits per heavy atom. The molecule has 3 heteroatoms. The summed E-state index contributed by atoms with van der Waals surface area (Å²) in [5.74, 6) is 0. The van der Waals surface area contributed by atoms with Gasteiger partial charge in [-0.15, -0.1) is 0 Å². The van der Waals surface area contributed by atoms with Crippen molar-refractivity contribution in [2.45, 2.75) is 70.5 Å². The Balaban J connectivity index is 0.000000386. The van der Waals surface area contributed by atoms with Gasteiger partial charge in [0.1, 0.15) is 6.29 Å². The van der Waals surface area contributed by atoms with Crippen molar-refractivity contribution in [3.63, 3.8) is 0 Å². The normalized spacial score (nSPS) is 29.1. The Morgan fingerprint density at radius 1 is 1.31 bits per heavy atom. The van der Waals surface area contributed by atoms with Crippen LogP contribution in [0.15, 0.2) is 0 Å². The van der Waals surface area contributed by atoms with Gasteiger partial charge in [0.15, 0.2) is 0 Å². The number of hydrogen-bond acceptors (Lipinski definition) is 3. The fourth-order valence-corrected chi connectivity index (χ4v) is 2.32. The monoisotopic (exact) mass is 226 g/mol. The summed E-state index contributed by atoms with van der Waals surface area (Å²) in [5, 5.41) is 7.24. The fourth-order valence-electron chi connectivity index (χ4n) is 2.32. The number of nitrogens with one attached hydrogen (secondary N) is 2. The van der Waals surface area contributed by atoms with Gasteiger partial charge in [-0.25, -0.2) is 0 Å². The summed E-state index contributed by atoms with van der Waals surface area (Å²) in [6.07, 6.45) is 9.09. The molecule has 0 bridgehead atoms. The smallest absolute Gasteiger partial charge is 0.116 e. The molecule has 2 atom stereocenters. The van der Waals surface area contributed by atoms with Crippen LogP contribution in [0, 0.1) is 0 Å². The van der Waals surface area contributed by atoms with Crippen molar-refractivity contribution in [2.75, 3.05) is 6.54 Å². The van der Waals surface area contributed by atoms with E-state index in [1.807, 2.05) is 0 Å². The number of hydrogen-bond donors (Lipinski definition) is 2. The van der Waals surface area contributed by atoms with Gasteiger partial charge in [0.05, 0.1) is 0 Å². The highest BCUT2D eigenvalue weighted by Gasteiger charge is 2.21. The third-order valence-corrected chi connectivity index (χ3v) is 3.50. The van der Waals surface area contributed by atoms with Crippen molar-refractivity contribution in [1.29, 1.82) is 0 Å². The molecule has 0 aromatic rings. The summed E-state index contributed by atoms with van der Waals surface area (Å²) < 4.78 is 0. The Labute approximate surface area is 99.4 Å². The molecule has 2 N–H and O–H groups in total. The lowest BCUT2D eigenvalue weighted by atomic mass is 9.93. The van der Waals surface area contributed by atoms with Crippen LogP contribution in [0.2, 0.25) is 0 Å². The second kappa shape index (κ2) is 7.80. The van der Waals surface area contributed by atoms with Gasteiger partial charge in [-0.05, 0) is 52.5 Å². The minimum atomic E-state index is 0.750. The molecule has 2 rings (SSSR count). The maximum Gasteiger partial charge on any atom is 0.116 e. The maximum absolute atomic E-state index is 8.81. The van der Waals surface area contributed by atoms with E-state index in [4.69, 9.17) is 4.79 Å². The zero-order chi connectivity index (χ0) is 11.8. The lowest BCUT2D eigenvalue weighted by Gasteiger charge is -2.27. The van der Waals surface area contributed by atoms with Crippen LogP contribution in [-0.2, 0) is 4.79 Å². The Morgan fingerprint density at radius 3 is 2.44 bits per heavy atom. The highest BCUT2D eigenvalue weighted by molar-refractivity contribution is 5.44. The molecular formula is C13H26N2O. The van der Waals surface area contributed by atoms with Gasteiger partial charge < -0.3 is 15.4 Å². The molecule has 0 spiro atoms. The van der Waals surface area contributed by atoms with E-state index in [0.29, 0.717) is 0 Å². The van der Waals surface area contributed by atoms with Crippen molar-refractivity contribution in [3.05, 3.63) is 0 Å². The largest absolute Gasteiger partial charge is 0.314 e. The summed E-state index contributed by atoms with van der Waals surface area (Å²) in [7, 11) is 0. The van der Waals surface area contributed by atoms with Gasteiger partial charge in [0.25, 0.3) is 0 Å². The van der Waals surface area contributed by atoms with E-state index in [9.17, 15) is 0 Å². The number of carbonyl (C=O) groups is 1. The van der Waals surface area contributed by atoms with Gasteiger partial charge >= 0.3 is 0 Å². The zero-order valence-electron chi connectivity index (χ0n) is 10.7. The molecule has 0 aromatic heterocycles. The van der Waals surface area contributed by atoms with Gasteiger partial charge in [0, 0.05) is 18.1 Å². The Kier molecular flexibility index (Phi) is 6.65. The molecule has 2 fully saturated rings. The second-order valence-electron chi connectivity index (χ2n) is 4.95. The number of aldehydes is 1. The molecular weight excluding hydrogens is 200 g/mol. The Hall–Kier alpha value is -0.410. The average molecular weight is 226 g/mol. The molecule has 94 valence electrons. The first kappa shape index (κ1) is 13.7. The van der Waals surface area contributed by atoms with E-state index < -0.39 is 0 Å². The SMILES string of the molecule is CC1CCC(CCNC2CCC2)N1.CC=O. The summed E-state index contributed by atoms with van der Waals surface area (Å²) in [4.78, 5) is 8.81.